The number of nitrogens with one attached hydrogen (secondary N) is 2. The number of carbonyl (C=O) groups excluding carboxylic acids is 2. The van der Waals surface area contributed by atoms with Gasteiger partial charge in [0.2, 0.25) is 10.0 Å². The lowest BCUT2D eigenvalue weighted by atomic mass is 10.1. The van der Waals surface area contributed by atoms with E-state index in [2.05, 4.69) is 10.6 Å². The van der Waals surface area contributed by atoms with Crippen LogP contribution in [-0.2, 0) is 14.8 Å². The molecular formula is C20H35N4O4S+. The van der Waals surface area contributed by atoms with Crippen LogP contribution in [0.4, 0.5) is 0 Å². The molecule has 0 radical (unpaired) electrons. The van der Waals surface area contributed by atoms with Crippen molar-refractivity contribution >= 4 is 21.8 Å². The number of amides is 2. The molecule has 0 unspecified atom stereocenters. The van der Waals surface area contributed by atoms with E-state index < -0.39 is 10.0 Å². The van der Waals surface area contributed by atoms with Crippen LogP contribution in [0.1, 0.15) is 48.9 Å². The summed E-state index contributed by atoms with van der Waals surface area (Å²) in [5.74, 6) is -0.136. The van der Waals surface area contributed by atoms with E-state index in [1.54, 1.807) is 0 Å². The van der Waals surface area contributed by atoms with Crippen molar-refractivity contribution in [3.63, 3.8) is 0 Å². The van der Waals surface area contributed by atoms with Gasteiger partial charge in [-0.2, -0.15) is 0 Å². The number of quaternary nitrogens is 1. The second-order valence-electron chi connectivity index (χ2n) is 8.24. The highest BCUT2D eigenvalue weighted by Gasteiger charge is 2.13. The maximum atomic E-state index is 12.0. The average Bonchev–Trinajstić information content (AvgIpc) is 2.61. The minimum absolute atomic E-state index is 0.0121. The molecule has 9 heteroatoms. The van der Waals surface area contributed by atoms with Gasteiger partial charge in [-0.1, -0.05) is 25.7 Å². The first kappa shape index (κ1) is 25.1. The predicted molar refractivity (Wildman–Crippen MR) is 114 cm³/mol. The zero-order chi connectivity index (χ0) is 21.9. The Balaban J connectivity index is 2.06. The lowest BCUT2D eigenvalue weighted by molar-refractivity contribution is -0.862. The molecular weight excluding hydrogens is 392 g/mol. The summed E-state index contributed by atoms with van der Waals surface area (Å²) < 4.78 is 23.0. The summed E-state index contributed by atoms with van der Waals surface area (Å²) in [6.07, 6.45) is 6.17. The van der Waals surface area contributed by atoms with Gasteiger partial charge in [-0.25, -0.2) is 13.6 Å². The largest absolute Gasteiger partial charge is 0.352 e. The normalized spacial score (nSPS) is 11.9. The Morgan fingerprint density at radius 2 is 1.34 bits per heavy atom. The molecule has 8 nitrogen and oxygen atoms in total. The van der Waals surface area contributed by atoms with Crippen LogP contribution in [0, 0.1) is 0 Å². The molecule has 29 heavy (non-hydrogen) atoms. The molecule has 1 aromatic rings. The number of likely N-dealkylation sites (N-methyl/N-ethyl adjacent to an activating group) is 1. The van der Waals surface area contributed by atoms with E-state index in [9.17, 15) is 18.0 Å². The Morgan fingerprint density at radius 1 is 0.862 bits per heavy atom. The molecule has 0 spiro atoms. The Bertz CT molecular complexity index is 756. The van der Waals surface area contributed by atoms with Crippen LogP contribution >= 0.6 is 0 Å². The molecule has 0 bridgehead atoms. The SMILES string of the molecule is C[N+](C)(C)CC(=O)NCCCCCCCCNC(=O)c1ccc(S(N)(=O)=O)cc1. The zero-order valence-corrected chi connectivity index (χ0v) is 18.6. The van der Waals surface area contributed by atoms with E-state index in [1.165, 1.54) is 24.3 Å². The molecule has 0 aliphatic rings. The highest BCUT2D eigenvalue weighted by Crippen LogP contribution is 2.09. The summed E-state index contributed by atoms with van der Waals surface area (Å²) in [4.78, 5) is 23.7. The van der Waals surface area contributed by atoms with Crippen LogP contribution in [0.3, 0.4) is 0 Å². The van der Waals surface area contributed by atoms with E-state index in [4.69, 9.17) is 5.14 Å². The second kappa shape index (κ2) is 11.9. The molecule has 0 fully saturated rings. The van der Waals surface area contributed by atoms with Gasteiger partial charge in [0.05, 0.1) is 26.0 Å². The van der Waals surface area contributed by atoms with Gasteiger partial charge in [0.1, 0.15) is 0 Å². The number of primary sulfonamides is 1. The number of carbonyl (C=O) groups is 2. The van der Waals surface area contributed by atoms with Crippen LogP contribution in [0.15, 0.2) is 29.2 Å². The van der Waals surface area contributed by atoms with Crippen molar-refractivity contribution in [1.29, 1.82) is 0 Å². The molecule has 1 rings (SSSR count). The molecule has 0 heterocycles. The first-order chi connectivity index (χ1) is 13.5. The molecule has 0 aromatic heterocycles. The molecule has 0 aliphatic carbocycles. The van der Waals surface area contributed by atoms with Crippen LogP contribution < -0.4 is 15.8 Å². The number of nitrogens with zero attached hydrogens (tertiary/aromatic N) is 1. The summed E-state index contributed by atoms with van der Waals surface area (Å²) in [5, 5.41) is 10.8. The Kier molecular flexibility index (Phi) is 10.3. The van der Waals surface area contributed by atoms with Crippen LogP contribution in [0.25, 0.3) is 0 Å². The van der Waals surface area contributed by atoms with Gasteiger partial charge in [-0.05, 0) is 37.1 Å². The number of nitrogens with two attached hydrogens (primary N) is 1. The van der Waals surface area contributed by atoms with Crippen LogP contribution in [0.2, 0.25) is 0 Å². The number of unbranched alkanes of at least 4 members (excludes halogenated alkanes) is 5. The van der Waals surface area contributed by atoms with E-state index >= 15 is 0 Å². The van der Waals surface area contributed by atoms with Gasteiger partial charge in [0, 0.05) is 18.7 Å². The first-order valence-corrected chi connectivity index (χ1v) is 11.5. The fourth-order valence-corrected chi connectivity index (χ4v) is 3.29. The molecule has 0 saturated heterocycles. The van der Waals surface area contributed by atoms with Crippen molar-refractivity contribution < 1.29 is 22.5 Å². The van der Waals surface area contributed by atoms with Gasteiger partial charge in [-0.3, -0.25) is 9.59 Å². The maximum absolute atomic E-state index is 12.0. The molecule has 1 aromatic carbocycles. The molecule has 0 atom stereocenters. The van der Waals surface area contributed by atoms with Crippen molar-refractivity contribution in [2.75, 3.05) is 40.8 Å². The zero-order valence-electron chi connectivity index (χ0n) is 17.7. The number of benzene rings is 1. The van der Waals surface area contributed by atoms with Gasteiger partial charge < -0.3 is 15.1 Å². The van der Waals surface area contributed by atoms with E-state index in [1.807, 2.05) is 21.1 Å². The van der Waals surface area contributed by atoms with Crippen molar-refractivity contribution in [3.8, 4) is 0 Å². The molecule has 164 valence electrons. The third-order valence-electron chi connectivity index (χ3n) is 4.27. The topological polar surface area (TPSA) is 118 Å². The van der Waals surface area contributed by atoms with Gasteiger partial charge in [0.25, 0.3) is 11.8 Å². The molecule has 2 amide bonds. The fraction of sp³-hybridized carbons (Fsp3) is 0.600. The van der Waals surface area contributed by atoms with E-state index in [0.717, 1.165) is 45.1 Å². The predicted octanol–water partition coefficient (Wildman–Crippen LogP) is 1.23. The number of hydrogen-bond donors (Lipinski definition) is 3. The maximum Gasteiger partial charge on any atom is 0.275 e. The Labute approximate surface area is 174 Å². The van der Waals surface area contributed by atoms with Crippen molar-refractivity contribution in [2.24, 2.45) is 5.14 Å². The first-order valence-electron chi connectivity index (χ1n) is 9.97. The monoisotopic (exact) mass is 427 g/mol. The van der Waals surface area contributed by atoms with Crippen LogP contribution in [-0.4, -0.2) is 65.5 Å². The quantitative estimate of drug-likeness (QED) is 0.324. The van der Waals surface area contributed by atoms with Gasteiger partial charge in [0.15, 0.2) is 6.54 Å². The lowest BCUT2D eigenvalue weighted by Gasteiger charge is -2.22. The van der Waals surface area contributed by atoms with Crippen LogP contribution in [0.5, 0.6) is 0 Å². The summed E-state index contributed by atoms with van der Waals surface area (Å²) in [5.41, 5.74) is 0.407. The number of sulfonamides is 1. The standard InChI is InChI=1S/C20H34N4O4S/c1-24(2,3)16-19(25)22-14-8-6-4-5-7-9-15-23-20(26)17-10-12-18(13-11-17)29(21,27)28/h10-13H,4-9,14-16H2,1-3H3,(H3-,21,22,23,25,26,27,28)/p+1. The summed E-state index contributed by atoms with van der Waals surface area (Å²) >= 11 is 0. The number of rotatable bonds is 13. The summed E-state index contributed by atoms with van der Waals surface area (Å²) in [7, 11) is 2.23. The van der Waals surface area contributed by atoms with Gasteiger partial charge in [-0.15, -0.1) is 0 Å². The Hall–Kier alpha value is -1.97. The smallest absolute Gasteiger partial charge is 0.275 e. The van der Waals surface area contributed by atoms with Crippen molar-refractivity contribution in [1.82, 2.24) is 10.6 Å². The molecule has 4 N–H and O–H groups in total. The summed E-state index contributed by atoms with van der Waals surface area (Å²) in [6, 6.07) is 5.56. The third-order valence-corrected chi connectivity index (χ3v) is 5.20. The van der Waals surface area contributed by atoms with E-state index in [0.29, 0.717) is 23.1 Å². The van der Waals surface area contributed by atoms with Crippen molar-refractivity contribution in [3.05, 3.63) is 29.8 Å². The fourth-order valence-electron chi connectivity index (χ4n) is 2.77. The minimum Gasteiger partial charge on any atom is -0.352 e. The highest BCUT2D eigenvalue weighted by molar-refractivity contribution is 7.89. The third kappa shape index (κ3) is 11.6. The highest BCUT2D eigenvalue weighted by atomic mass is 32.2. The average molecular weight is 428 g/mol. The van der Waals surface area contributed by atoms with E-state index in [-0.39, 0.29) is 16.7 Å². The molecule has 0 aliphatic heterocycles. The Morgan fingerprint density at radius 3 is 1.83 bits per heavy atom. The van der Waals surface area contributed by atoms with Gasteiger partial charge >= 0.3 is 0 Å². The second-order valence-corrected chi connectivity index (χ2v) is 9.81. The van der Waals surface area contributed by atoms with Crippen molar-refractivity contribution in [2.45, 2.75) is 43.4 Å². The number of hydrogen-bond acceptors (Lipinski definition) is 4. The minimum atomic E-state index is -3.75. The lowest BCUT2D eigenvalue weighted by Crippen LogP contribution is -2.44. The summed E-state index contributed by atoms with van der Waals surface area (Å²) in [6.45, 7) is 1.79. The molecule has 0 saturated carbocycles.